The first-order chi connectivity index (χ1) is 6.73. The maximum Gasteiger partial charge on any atom is 0.258 e. The zero-order valence-corrected chi connectivity index (χ0v) is 9.86. The normalized spacial score (nSPS) is 13.9. The van der Waals surface area contributed by atoms with Crippen LogP contribution in [0.2, 0.25) is 0 Å². The number of aliphatic hydroxyl groups is 1. The Morgan fingerprint density at radius 2 is 2.07 bits per heavy atom. The predicted octanol–water partition coefficient (Wildman–Crippen LogP) is 1.06. The SMILES string of the molecule is Cc1nc(N)[nH]c(=O)c1[C@H](O)C(Cl)(Cl)Cl. The van der Waals surface area contributed by atoms with Gasteiger partial charge in [-0.3, -0.25) is 9.78 Å². The van der Waals surface area contributed by atoms with Crippen molar-refractivity contribution in [3.05, 3.63) is 21.6 Å². The zero-order valence-electron chi connectivity index (χ0n) is 7.59. The molecule has 8 heteroatoms. The van der Waals surface area contributed by atoms with Crippen LogP contribution in [0.4, 0.5) is 5.95 Å². The highest BCUT2D eigenvalue weighted by Gasteiger charge is 2.35. The summed E-state index contributed by atoms with van der Waals surface area (Å²) in [5.41, 5.74) is 4.77. The van der Waals surface area contributed by atoms with Gasteiger partial charge in [-0.1, -0.05) is 34.8 Å². The van der Waals surface area contributed by atoms with E-state index >= 15 is 0 Å². The van der Waals surface area contributed by atoms with E-state index in [4.69, 9.17) is 40.5 Å². The molecule has 0 fully saturated rings. The number of nitrogens with zero attached hydrogens (tertiary/aromatic N) is 1. The van der Waals surface area contributed by atoms with Crippen LogP contribution >= 0.6 is 34.8 Å². The van der Waals surface area contributed by atoms with Crippen LogP contribution in [0.15, 0.2) is 4.79 Å². The Balaban J connectivity index is 3.33. The van der Waals surface area contributed by atoms with Crippen molar-refractivity contribution in [3.8, 4) is 0 Å². The maximum atomic E-state index is 11.4. The van der Waals surface area contributed by atoms with E-state index in [0.29, 0.717) is 0 Å². The number of aryl methyl sites for hydroxylation is 1. The number of hydrogen-bond donors (Lipinski definition) is 3. The second kappa shape index (κ2) is 4.17. The Morgan fingerprint density at radius 1 is 1.53 bits per heavy atom. The van der Waals surface area contributed by atoms with E-state index in [1.807, 2.05) is 0 Å². The average molecular weight is 273 g/mol. The number of aromatic amines is 1. The van der Waals surface area contributed by atoms with Crippen LogP contribution in [-0.2, 0) is 0 Å². The highest BCUT2D eigenvalue weighted by Crippen LogP contribution is 2.39. The van der Waals surface area contributed by atoms with Crippen LogP contribution in [-0.4, -0.2) is 18.9 Å². The molecule has 0 aliphatic carbocycles. The van der Waals surface area contributed by atoms with Gasteiger partial charge in [0, 0.05) is 0 Å². The molecule has 0 saturated heterocycles. The minimum Gasteiger partial charge on any atom is -0.384 e. The number of nitrogens with two attached hydrogens (primary N) is 1. The van der Waals surface area contributed by atoms with Crippen LogP contribution in [0.3, 0.4) is 0 Å². The molecule has 0 amide bonds. The van der Waals surface area contributed by atoms with Gasteiger partial charge in [-0.15, -0.1) is 0 Å². The van der Waals surface area contributed by atoms with Gasteiger partial charge in [-0.05, 0) is 6.92 Å². The monoisotopic (exact) mass is 271 g/mol. The van der Waals surface area contributed by atoms with E-state index in [-0.39, 0.29) is 17.2 Å². The molecule has 4 N–H and O–H groups in total. The first-order valence-electron chi connectivity index (χ1n) is 3.84. The molecular formula is C7H8Cl3N3O2. The van der Waals surface area contributed by atoms with Crippen molar-refractivity contribution in [2.24, 2.45) is 0 Å². The number of hydrogen-bond acceptors (Lipinski definition) is 4. The smallest absolute Gasteiger partial charge is 0.258 e. The third-order valence-corrected chi connectivity index (χ3v) is 2.37. The quantitative estimate of drug-likeness (QED) is 0.667. The molecule has 0 aliphatic heterocycles. The van der Waals surface area contributed by atoms with E-state index in [0.717, 1.165) is 0 Å². The first kappa shape index (κ1) is 12.6. The second-order valence-corrected chi connectivity index (χ2v) is 5.26. The summed E-state index contributed by atoms with van der Waals surface area (Å²) >= 11 is 16.4. The largest absolute Gasteiger partial charge is 0.384 e. The number of halogens is 3. The van der Waals surface area contributed by atoms with Crippen LogP contribution in [0, 0.1) is 6.92 Å². The highest BCUT2D eigenvalue weighted by atomic mass is 35.6. The van der Waals surface area contributed by atoms with E-state index < -0.39 is 15.5 Å². The predicted molar refractivity (Wildman–Crippen MR) is 59.3 cm³/mol. The summed E-state index contributed by atoms with van der Waals surface area (Å²) in [5, 5.41) is 9.61. The van der Waals surface area contributed by atoms with Crippen LogP contribution in [0.25, 0.3) is 0 Å². The summed E-state index contributed by atoms with van der Waals surface area (Å²) in [5.74, 6) is -0.0576. The standard InChI is InChI=1S/C7H8Cl3N3O2/c1-2-3(4(14)7(8,9)10)5(15)13-6(11)12-2/h4,14H,1H3,(H3,11,12,13,15)/t4-/m0/s1. The Kier molecular flexibility index (Phi) is 3.50. The molecule has 1 rings (SSSR count). The van der Waals surface area contributed by atoms with Gasteiger partial charge < -0.3 is 10.8 Å². The summed E-state index contributed by atoms with van der Waals surface area (Å²) in [6, 6.07) is 0. The molecule has 1 atom stereocenters. The molecule has 0 saturated carbocycles. The number of alkyl halides is 3. The molecule has 1 aromatic heterocycles. The number of aliphatic hydroxyl groups excluding tert-OH is 1. The third-order valence-electron chi connectivity index (χ3n) is 1.75. The van der Waals surface area contributed by atoms with Crippen LogP contribution in [0.1, 0.15) is 17.4 Å². The van der Waals surface area contributed by atoms with Crippen LogP contribution < -0.4 is 11.3 Å². The maximum absolute atomic E-state index is 11.4. The lowest BCUT2D eigenvalue weighted by molar-refractivity contribution is 0.179. The van der Waals surface area contributed by atoms with Gasteiger partial charge in [0.25, 0.3) is 5.56 Å². The summed E-state index contributed by atoms with van der Waals surface area (Å²) in [7, 11) is 0. The lowest BCUT2D eigenvalue weighted by Gasteiger charge is -2.19. The molecule has 15 heavy (non-hydrogen) atoms. The average Bonchev–Trinajstić information content (AvgIpc) is 1.99. The van der Waals surface area contributed by atoms with Gasteiger partial charge >= 0.3 is 0 Å². The number of nitrogen functional groups attached to an aromatic ring is 1. The fourth-order valence-corrected chi connectivity index (χ4v) is 1.43. The van der Waals surface area contributed by atoms with E-state index in [9.17, 15) is 9.90 Å². The fraction of sp³-hybridized carbons (Fsp3) is 0.429. The lowest BCUT2D eigenvalue weighted by Crippen LogP contribution is -2.27. The summed E-state index contributed by atoms with van der Waals surface area (Å²) in [6.07, 6.45) is -1.56. The van der Waals surface area contributed by atoms with Gasteiger partial charge in [0.1, 0.15) is 6.10 Å². The molecule has 5 nitrogen and oxygen atoms in total. The van der Waals surface area contributed by atoms with Gasteiger partial charge in [0.15, 0.2) is 0 Å². The molecular weight excluding hydrogens is 264 g/mol. The molecule has 1 heterocycles. The van der Waals surface area contributed by atoms with Gasteiger partial charge in [-0.2, -0.15) is 0 Å². The molecule has 0 radical (unpaired) electrons. The minimum absolute atomic E-state index is 0.0576. The van der Waals surface area contributed by atoms with Crippen molar-refractivity contribution in [2.75, 3.05) is 5.73 Å². The Hall–Kier alpha value is -0.490. The number of H-pyrrole nitrogens is 1. The molecule has 0 spiro atoms. The van der Waals surface area contributed by atoms with Crippen molar-refractivity contribution in [3.63, 3.8) is 0 Å². The Labute approximate surface area is 100 Å². The first-order valence-corrected chi connectivity index (χ1v) is 4.98. The van der Waals surface area contributed by atoms with Crippen molar-refractivity contribution < 1.29 is 5.11 Å². The van der Waals surface area contributed by atoms with E-state index in [1.165, 1.54) is 6.92 Å². The zero-order chi connectivity index (χ0) is 11.8. The topological polar surface area (TPSA) is 92.0 Å². The molecule has 0 bridgehead atoms. The summed E-state index contributed by atoms with van der Waals surface area (Å²) in [4.78, 5) is 17.4. The molecule has 0 unspecified atom stereocenters. The van der Waals surface area contributed by atoms with Crippen molar-refractivity contribution in [1.82, 2.24) is 9.97 Å². The summed E-state index contributed by atoms with van der Waals surface area (Å²) in [6.45, 7) is 1.49. The fourth-order valence-electron chi connectivity index (χ4n) is 1.10. The van der Waals surface area contributed by atoms with Crippen molar-refractivity contribution >= 4 is 40.8 Å². The summed E-state index contributed by atoms with van der Waals surface area (Å²) < 4.78 is -1.99. The molecule has 0 aromatic carbocycles. The minimum atomic E-state index is -1.99. The Bertz CT molecular complexity index is 426. The number of rotatable bonds is 1. The number of anilines is 1. The number of aromatic nitrogens is 2. The van der Waals surface area contributed by atoms with Crippen molar-refractivity contribution in [1.29, 1.82) is 0 Å². The molecule has 0 aliphatic rings. The van der Waals surface area contributed by atoms with Gasteiger partial charge in [0.05, 0.1) is 11.3 Å². The van der Waals surface area contributed by atoms with Crippen molar-refractivity contribution in [2.45, 2.75) is 16.8 Å². The van der Waals surface area contributed by atoms with Crippen LogP contribution in [0.5, 0.6) is 0 Å². The molecule has 1 aromatic rings. The van der Waals surface area contributed by atoms with Gasteiger partial charge in [-0.25, -0.2) is 4.98 Å². The highest BCUT2D eigenvalue weighted by molar-refractivity contribution is 6.68. The second-order valence-electron chi connectivity index (χ2n) is 2.89. The molecule has 84 valence electrons. The lowest BCUT2D eigenvalue weighted by atomic mass is 10.1. The van der Waals surface area contributed by atoms with Gasteiger partial charge in [0.2, 0.25) is 9.74 Å². The van der Waals surface area contributed by atoms with E-state index in [2.05, 4.69) is 9.97 Å². The third kappa shape index (κ3) is 2.75. The Morgan fingerprint density at radius 3 is 2.47 bits per heavy atom. The number of nitrogens with one attached hydrogen (secondary N) is 1. The van der Waals surface area contributed by atoms with E-state index in [1.54, 1.807) is 0 Å².